The Bertz CT molecular complexity index is 684. The van der Waals surface area contributed by atoms with E-state index in [0.717, 1.165) is 17.8 Å². The zero-order chi connectivity index (χ0) is 14.8. The molecule has 0 aliphatic carbocycles. The number of carbonyl (C=O) groups excluding carboxylic acids is 1. The Balaban J connectivity index is 1.72. The number of carbonyl (C=O) groups is 1. The Hall–Kier alpha value is -1.84. The normalized spacial score (nSPS) is 17.1. The molecule has 1 aliphatic heterocycles. The van der Waals surface area contributed by atoms with Gasteiger partial charge in [0.15, 0.2) is 0 Å². The minimum absolute atomic E-state index is 0.00470. The summed E-state index contributed by atoms with van der Waals surface area (Å²) in [4.78, 5) is 12.4. The summed E-state index contributed by atoms with van der Waals surface area (Å²) >= 11 is 5.93. The summed E-state index contributed by atoms with van der Waals surface area (Å²) in [6.07, 6.45) is 0.717. The lowest BCUT2D eigenvalue weighted by atomic mass is 9.95. The van der Waals surface area contributed by atoms with E-state index in [0.29, 0.717) is 11.4 Å². The van der Waals surface area contributed by atoms with E-state index < -0.39 is 0 Å². The summed E-state index contributed by atoms with van der Waals surface area (Å²) in [5, 5.41) is 6.94. The van der Waals surface area contributed by atoms with Crippen molar-refractivity contribution in [1.82, 2.24) is 5.32 Å². The second-order valence-electron chi connectivity index (χ2n) is 5.35. The summed E-state index contributed by atoms with van der Waals surface area (Å²) < 4.78 is 0. The van der Waals surface area contributed by atoms with Crippen LogP contribution in [0.5, 0.6) is 0 Å². The average Bonchev–Trinajstić information content (AvgIpc) is 2.49. The van der Waals surface area contributed by atoms with Crippen molar-refractivity contribution in [3.63, 3.8) is 0 Å². The Morgan fingerprint density at radius 2 is 2.00 bits per heavy atom. The van der Waals surface area contributed by atoms with Gasteiger partial charge >= 0.3 is 0 Å². The summed E-state index contributed by atoms with van der Waals surface area (Å²) in [5.41, 5.74) is 4.28. The SMILES string of the molecule is Cc1cc(Cl)ccc1NC(=O)C1Cc2ccccc2CN1. The fourth-order valence-corrected chi connectivity index (χ4v) is 2.85. The number of fused-ring (bicyclic) bond motifs is 1. The van der Waals surface area contributed by atoms with Gasteiger partial charge in [-0.25, -0.2) is 0 Å². The van der Waals surface area contributed by atoms with Crippen molar-refractivity contribution < 1.29 is 4.79 Å². The Kier molecular flexibility index (Phi) is 3.95. The fourth-order valence-electron chi connectivity index (χ4n) is 2.63. The molecule has 0 saturated heterocycles. The molecule has 2 aromatic rings. The van der Waals surface area contributed by atoms with Gasteiger partial charge in [0.1, 0.15) is 0 Å². The Labute approximate surface area is 129 Å². The molecule has 0 spiro atoms. The summed E-state index contributed by atoms with van der Waals surface area (Å²) in [7, 11) is 0. The zero-order valence-corrected chi connectivity index (χ0v) is 12.6. The molecule has 1 unspecified atom stereocenters. The molecule has 3 nitrogen and oxygen atoms in total. The van der Waals surface area contributed by atoms with Gasteiger partial charge in [-0.05, 0) is 48.2 Å². The largest absolute Gasteiger partial charge is 0.324 e. The molecule has 1 amide bonds. The number of aryl methyl sites for hydroxylation is 1. The van der Waals surface area contributed by atoms with Crippen LogP contribution in [0.1, 0.15) is 16.7 Å². The lowest BCUT2D eigenvalue weighted by molar-refractivity contribution is -0.118. The summed E-state index contributed by atoms with van der Waals surface area (Å²) in [5.74, 6) is -0.00470. The third-order valence-corrected chi connectivity index (χ3v) is 4.08. The first-order chi connectivity index (χ1) is 10.1. The highest BCUT2D eigenvalue weighted by Crippen LogP contribution is 2.21. The number of amides is 1. The van der Waals surface area contributed by atoms with E-state index in [1.54, 1.807) is 6.07 Å². The van der Waals surface area contributed by atoms with E-state index in [9.17, 15) is 4.79 Å². The van der Waals surface area contributed by atoms with Gasteiger partial charge in [-0.1, -0.05) is 35.9 Å². The lowest BCUT2D eigenvalue weighted by Crippen LogP contribution is -2.44. The molecule has 1 aliphatic rings. The van der Waals surface area contributed by atoms with E-state index in [2.05, 4.69) is 22.8 Å². The quantitative estimate of drug-likeness (QED) is 0.893. The number of hydrogen-bond acceptors (Lipinski definition) is 2. The fraction of sp³-hybridized carbons (Fsp3) is 0.235. The molecule has 2 aromatic carbocycles. The van der Waals surface area contributed by atoms with Crippen LogP contribution in [0, 0.1) is 6.92 Å². The maximum Gasteiger partial charge on any atom is 0.241 e. The standard InChI is InChI=1S/C17H17ClN2O/c1-11-8-14(18)6-7-15(11)20-17(21)16-9-12-4-2-3-5-13(12)10-19-16/h2-8,16,19H,9-10H2,1H3,(H,20,21). The van der Waals surface area contributed by atoms with Crippen LogP contribution in [0.3, 0.4) is 0 Å². The van der Waals surface area contributed by atoms with Crippen molar-refractivity contribution in [1.29, 1.82) is 0 Å². The van der Waals surface area contributed by atoms with Crippen LogP contribution >= 0.6 is 11.6 Å². The zero-order valence-electron chi connectivity index (χ0n) is 11.8. The van der Waals surface area contributed by atoms with Crippen molar-refractivity contribution in [3.8, 4) is 0 Å². The van der Waals surface area contributed by atoms with Gasteiger partial charge in [0.25, 0.3) is 0 Å². The minimum Gasteiger partial charge on any atom is -0.324 e. The number of benzene rings is 2. The maximum atomic E-state index is 12.4. The van der Waals surface area contributed by atoms with E-state index in [1.807, 2.05) is 31.2 Å². The number of hydrogen-bond donors (Lipinski definition) is 2. The highest BCUT2D eigenvalue weighted by molar-refractivity contribution is 6.30. The number of rotatable bonds is 2. The maximum absolute atomic E-state index is 12.4. The second-order valence-corrected chi connectivity index (χ2v) is 5.79. The number of nitrogens with one attached hydrogen (secondary N) is 2. The summed E-state index contributed by atoms with van der Waals surface area (Å²) in [6.45, 7) is 2.67. The van der Waals surface area contributed by atoms with E-state index in [4.69, 9.17) is 11.6 Å². The number of anilines is 1. The van der Waals surface area contributed by atoms with Gasteiger partial charge in [-0.2, -0.15) is 0 Å². The molecule has 4 heteroatoms. The van der Waals surface area contributed by atoms with Gasteiger partial charge in [0, 0.05) is 17.3 Å². The molecule has 0 fully saturated rings. The molecule has 21 heavy (non-hydrogen) atoms. The first-order valence-electron chi connectivity index (χ1n) is 7.00. The third-order valence-electron chi connectivity index (χ3n) is 3.84. The molecule has 0 bridgehead atoms. The van der Waals surface area contributed by atoms with Gasteiger partial charge < -0.3 is 10.6 Å². The van der Waals surface area contributed by atoms with Crippen molar-refractivity contribution in [2.24, 2.45) is 0 Å². The van der Waals surface area contributed by atoms with Crippen LogP contribution in [-0.4, -0.2) is 11.9 Å². The minimum atomic E-state index is -0.199. The molecule has 108 valence electrons. The van der Waals surface area contributed by atoms with Gasteiger partial charge in [0.05, 0.1) is 6.04 Å². The highest BCUT2D eigenvalue weighted by Gasteiger charge is 2.24. The summed E-state index contributed by atoms with van der Waals surface area (Å²) in [6, 6.07) is 13.5. The topological polar surface area (TPSA) is 41.1 Å². The molecular formula is C17H17ClN2O. The van der Waals surface area contributed by atoms with Crippen molar-refractivity contribution in [2.45, 2.75) is 25.9 Å². The first-order valence-corrected chi connectivity index (χ1v) is 7.38. The highest BCUT2D eigenvalue weighted by atomic mass is 35.5. The molecule has 1 atom stereocenters. The van der Waals surface area contributed by atoms with Crippen LogP contribution in [0.15, 0.2) is 42.5 Å². The molecule has 0 aromatic heterocycles. The van der Waals surface area contributed by atoms with Gasteiger partial charge in [0.2, 0.25) is 5.91 Å². The smallest absolute Gasteiger partial charge is 0.241 e. The molecule has 3 rings (SSSR count). The van der Waals surface area contributed by atoms with E-state index in [1.165, 1.54) is 11.1 Å². The van der Waals surface area contributed by atoms with Crippen molar-refractivity contribution in [2.75, 3.05) is 5.32 Å². The molecule has 2 N–H and O–H groups in total. The van der Waals surface area contributed by atoms with Crippen LogP contribution in [0.2, 0.25) is 5.02 Å². The second kappa shape index (κ2) is 5.88. The van der Waals surface area contributed by atoms with Gasteiger partial charge in [-0.3, -0.25) is 4.79 Å². The molecule has 0 radical (unpaired) electrons. The molecule has 1 heterocycles. The monoisotopic (exact) mass is 300 g/mol. The lowest BCUT2D eigenvalue weighted by Gasteiger charge is -2.25. The predicted octanol–water partition coefficient (Wildman–Crippen LogP) is 3.30. The van der Waals surface area contributed by atoms with Crippen molar-refractivity contribution >= 4 is 23.2 Å². The Morgan fingerprint density at radius 1 is 1.24 bits per heavy atom. The number of halogens is 1. The molecule has 0 saturated carbocycles. The Morgan fingerprint density at radius 3 is 2.76 bits per heavy atom. The van der Waals surface area contributed by atoms with Crippen molar-refractivity contribution in [3.05, 3.63) is 64.2 Å². The van der Waals surface area contributed by atoms with Crippen LogP contribution in [0.4, 0.5) is 5.69 Å². The van der Waals surface area contributed by atoms with E-state index in [-0.39, 0.29) is 11.9 Å². The average molecular weight is 301 g/mol. The van der Waals surface area contributed by atoms with Gasteiger partial charge in [-0.15, -0.1) is 0 Å². The van der Waals surface area contributed by atoms with Crippen LogP contribution < -0.4 is 10.6 Å². The van der Waals surface area contributed by atoms with E-state index >= 15 is 0 Å². The molecular weight excluding hydrogens is 284 g/mol. The first kappa shape index (κ1) is 14.1. The third kappa shape index (κ3) is 3.09. The van der Waals surface area contributed by atoms with Crippen LogP contribution in [-0.2, 0) is 17.8 Å². The predicted molar refractivity (Wildman–Crippen MR) is 85.6 cm³/mol. The van der Waals surface area contributed by atoms with Crippen LogP contribution in [0.25, 0.3) is 0 Å².